The third-order valence-electron chi connectivity index (χ3n) is 3.70. The van der Waals surface area contributed by atoms with Gasteiger partial charge in [-0.25, -0.2) is 4.98 Å². The van der Waals surface area contributed by atoms with Gasteiger partial charge in [0, 0.05) is 50.5 Å². The molecule has 1 aromatic rings. The topological polar surface area (TPSA) is 61.8 Å². The van der Waals surface area contributed by atoms with Crippen molar-refractivity contribution in [2.45, 2.75) is 46.3 Å². The summed E-state index contributed by atoms with van der Waals surface area (Å²) < 4.78 is 5.26. The maximum atomic E-state index is 5.26. The largest absolute Gasteiger partial charge is 0.481 e. The molecule has 0 aliphatic heterocycles. The molecule has 23 heavy (non-hydrogen) atoms. The monoisotopic (exact) mass is 321 g/mol. The van der Waals surface area contributed by atoms with Crippen molar-refractivity contribution in [1.29, 1.82) is 0 Å². The number of nitrogens with zero attached hydrogens (tertiary/aromatic N) is 3. The van der Waals surface area contributed by atoms with Crippen LogP contribution in [-0.2, 0) is 6.54 Å². The summed E-state index contributed by atoms with van der Waals surface area (Å²) in [6, 6.07) is 4.96. The second-order valence-corrected chi connectivity index (χ2v) is 5.95. The first-order valence-corrected chi connectivity index (χ1v) is 8.17. The Kier molecular flexibility index (Phi) is 8.40. The molecule has 0 aromatic carbocycles. The fourth-order valence-corrected chi connectivity index (χ4v) is 2.56. The van der Waals surface area contributed by atoms with Crippen LogP contribution in [0.25, 0.3) is 0 Å². The van der Waals surface area contributed by atoms with Gasteiger partial charge in [0.1, 0.15) is 0 Å². The van der Waals surface area contributed by atoms with Crippen molar-refractivity contribution in [3.8, 4) is 5.88 Å². The number of pyridine rings is 1. The van der Waals surface area contributed by atoms with Gasteiger partial charge in [-0.3, -0.25) is 9.89 Å². The van der Waals surface area contributed by atoms with Crippen LogP contribution in [0.2, 0.25) is 0 Å². The molecule has 1 aromatic heterocycles. The zero-order valence-electron chi connectivity index (χ0n) is 15.3. The second-order valence-electron chi connectivity index (χ2n) is 5.95. The lowest BCUT2D eigenvalue weighted by atomic mass is 10.2. The highest BCUT2D eigenvalue weighted by Crippen LogP contribution is 2.12. The lowest BCUT2D eigenvalue weighted by Crippen LogP contribution is -2.45. The van der Waals surface area contributed by atoms with Crippen molar-refractivity contribution in [3.05, 3.63) is 23.9 Å². The Balaban J connectivity index is 2.46. The third kappa shape index (κ3) is 6.44. The van der Waals surface area contributed by atoms with Crippen molar-refractivity contribution in [1.82, 2.24) is 20.5 Å². The quantitative estimate of drug-likeness (QED) is 0.565. The van der Waals surface area contributed by atoms with Crippen LogP contribution in [0.15, 0.2) is 23.3 Å². The predicted octanol–water partition coefficient (Wildman–Crippen LogP) is 1.87. The zero-order valence-corrected chi connectivity index (χ0v) is 15.3. The smallest absolute Gasteiger partial charge is 0.218 e. The van der Waals surface area contributed by atoms with Gasteiger partial charge >= 0.3 is 0 Å². The van der Waals surface area contributed by atoms with Gasteiger partial charge in [-0.2, -0.15) is 0 Å². The van der Waals surface area contributed by atoms with Crippen LogP contribution in [-0.4, -0.2) is 55.2 Å². The van der Waals surface area contributed by atoms with Crippen LogP contribution in [0.1, 0.15) is 33.3 Å². The van der Waals surface area contributed by atoms with E-state index in [0.29, 0.717) is 24.5 Å². The van der Waals surface area contributed by atoms with Crippen molar-refractivity contribution in [2.24, 2.45) is 4.99 Å². The fourth-order valence-electron chi connectivity index (χ4n) is 2.56. The van der Waals surface area contributed by atoms with Crippen molar-refractivity contribution in [3.63, 3.8) is 0 Å². The van der Waals surface area contributed by atoms with E-state index in [1.54, 1.807) is 20.4 Å². The summed E-state index contributed by atoms with van der Waals surface area (Å²) in [7, 11) is 3.41. The van der Waals surface area contributed by atoms with Crippen molar-refractivity contribution < 1.29 is 4.74 Å². The maximum Gasteiger partial charge on any atom is 0.218 e. The zero-order chi connectivity index (χ0) is 17.2. The molecule has 0 saturated carbocycles. The molecule has 0 atom stereocenters. The van der Waals surface area contributed by atoms with E-state index in [2.05, 4.69) is 53.2 Å². The molecule has 1 rings (SSSR count). The van der Waals surface area contributed by atoms with Gasteiger partial charge in [0.05, 0.1) is 7.11 Å². The molecule has 0 unspecified atom stereocenters. The molecule has 0 amide bonds. The van der Waals surface area contributed by atoms with Crippen molar-refractivity contribution >= 4 is 5.96 Å². The minimum absolute atomic E-state index is 0.534. The molecule has 0 aliphatic carbocycles. The number of aliphatic imine (C=N–C) groups is 1. The maximum absolute atomic E-state index is 5.26. The molecule has 1 heterocycles. The fraction of sp³-hybridized carbons (Fsp3) is 0.647. The van der Waals surface area contributed by atoms with E-state index in [-0.39, 0.29) is 0 Å². The van der Waals surface area contributed by atoms with E-state index in [4.69, 9.17) is 4.74 Å². The second kappa shape index (κ2) is 10.0. The van der Waals surface area contributed by atoms with Crippen LogP contribution in [0.4, 0.5) is 0 Å². The minimum Gasteiger partial charge on any atom is -0.481 e. The Morgan fingerprint density at radius 1 is 1.26 bits per heavy atom. The highest BCUT2D eigenvalue weighted by Gasteiger charge is 2.12. The van der Waals surface area contributed by atoms with Gasteiger partial charge in [-0.1, -0.05) is 6.07 Å². The Hall–Kier alpha value is -1.82. The van der Waals surface area contributed by atoms with Crippen LogP contribution in [0.3, 0.4) is 0 Å². The SMILES string of the molecule is CN=C(NCCN(C(C)C)C(C)C)NCc1cccnc1OC. The summed E-state index contributed by atoms with van der Waals surface area (Å²) in [6.45, 7) is 11.3. The molecule has 0 spiro atoms. The highest BCUT2D eigenvalue weighted by molar-refractivity contribution is 5.79. The molecular weight excluding hydrogens is 290 g/mol. The Labute approximate surface area is 140 Å². The third-order valence-corrected chi connectivity index (χ3v) is 3.70. The van der Waals surface area contributed by atoms with Crippen molar-refractivity contribution in [2.75, 3.05) is 27.2 Å². The van der Waals surface area contributed by atoms with E-state index in [1.807, 2.05) is 12.1 Å². The molecule has 6 heteroatoms. The van der Waals surface area contributed by atoms with Gasteiger partial charge in [0.15, 0.2) is 5.96 Å². The number of ether oxygens (including phenoxy) is 1. The molecule has 0 bridgehead atoms. The predicted molar refractivity (Wildman–Crippen MR) is 96.0 cm³/mol. The number of guanidine groups is 1. The summed E-state index contributed by atoms with van der Waals surface area (Å²) in [5, 5.41) is 6.65. The summed E-state index contributed by atoms with van der Waals surface area (Å²) in [5.41, 5.74) is 1.00. The van der Waals surface area contributed by atoms with E-state index in [9.17, 15) is 0 Å². The molecule has 130 valence electrons. The number of hydrogen-bond acceptors (Lipinski definition) is 4. The average Bonchev–Trinajstić information content (AvgIpc) is 2.53. The highest BCUT2D eigenvalue weighted by atomic mass is 16.5. The summed E-state index contributed by atoms with van der Waals surface area (Å²) in [5.74, 6) is 1.42. The minimum atomic E-state index is 0.534. The number of rotatable bonds is 8. The first kappa shape index (κ1) is 19.2. The van der Waals surface area contributed by atoms with E-state index in [0.717, 1.165) is 24.6 Å². The van der Waals surface area contributed by atoms with Gasteiger partial charge < -0.3 is 15.4 Å². The normalized spacial score (nSPS) is 12.1. The van der Waals surface area contributed by atoms with Gasteiger partial charge in [0.25, 0.3) is 0 Å². The molecule has 0 fully saturated rings. The lowest BCUT2D eigenvalue weighted by Gasteiger charge is -2.30. The number of nitrogens with one attached hydrogen (secondary N) is 2. The summed E-state index contributed by atoms with van der Waals surface area (Å²) in [6.07, 6.45) is 1.72. The standard InChI is InChI=1S/C17H31N5O/c1-13(2)22(14(3)4)11-10-20-17(18-5)21-12-15-8-7-9-19-16(15)23-6/h7-9,13-14H,10-12H2,1-6H3,(H2,18,20,21). The Bertz CT molecular complexity index is 480. The van der Waals surface area contributed by atoms with Gasteiger partial charge in [-0.15, -0.1) is 0 Å². The average molecular weight is 321 g/mol. The molecule has 2 N–H and O–H groups in total. The molecule has 6 nitrogen and oxygen atoms in total. The van der Waals surface area contributed by atoms with Crippen LogP contribution >= 0.6 is 0 Å². The van der Waals surface area contributed by atoms with E-state index in [1.165, 1.54) is 0 Å². The van der Waals surface area contributed by atoms with Gasteiger partial charge in [-0.05, 0) is 33.8 Å². The van der Waals surface area contributed by atoms with Crippen LogP contribution in [0, 0.1) is 0 Å². The van der Waals surface area contributed by atoms with E-state index >= 15 is 0 Å². The number of hydrogen-bond donors (Lipinski definition) is 2. The van der Waals surface area contributed by atoms with E-state index < -0.39 is 0 Å². The number of aromatic nitrogens is 1. The Morgan fingerprint density at radius 2 is 1.96 bits per heavy atom. The summed E-state index contributed by atoms with van der Waals surface area (Å²) in [4.78, 5) is 10.9. The molecular formula is C17H31N5O. The van der Waals surface area contributed by atoms with Crippen LogP contribution < -0.4 is 15.4 Å². The number of methoxy groups -OCH3 is 1. The molecule has 0 saturated heterocycles. The van der Waals surface area contributed by atoms with Gasteiger partial charge in [0.2, 0.25) is 5.88 Å². The molecule has 0 aliphatic rings. The van der Waals surface area contributed by atoms with Crippen LogP contribution in [0.5, 0.6) is 5.88 Å². The lowest BCUT2D eigenvalue weighted by molar-refractivity contribution is 0.178. The first-order valence-electron chi connectivity index (χ1n) is 8.17. The summed E-state index contributed by atoms with van der Waals surface area (Å²) >= 11 is 0. The molecule has 0 radical (unpaired) electrons. The first-order chi connectivity index (χ1) is 11.0. The Morgan fingerprint density at radius 3 is 2.52 bits per heavy atom.